The van der Waals surface area contributed by atoms with E-state index in [1.807, 2.05) is 0 Å². The fourth-order valence-corrected chi connectivity index (χ4v) is 2.85. The molecule has 0 radical (unpaired) electrons. The Morgan fingerprint density at radius 3 is 2.62 bits per heavy atom. The summed E-state index contributed by atoms with van der Waals surface area (Å²) in [7, 11) is 0. The van der Waals surface area contributed by atoms with Crippen molar-refractivity contribution in [3.8, 4) is 0 Å². The zero-order valence-electron chi connectivity index (χ0n) is 10.1. The van der Waals surface area contributed by atoms with Crippen LogP contribution in [0.1, 0.15) is 45.4 Å². The fraction of sp³-hybridized carbons (Fsp3) is 0.846. The van der Waals surface area contributed by atoms with Crippen LogP contribution >= 0.6 is 0 Å². The summed E-state index contributed by atoms with van der Waals surface area (Å²) >= 11 is 0. The number of likely N-dealkylation sites (tertiary alicyclic amines) is 1. The van der Waals surface area contributed by atoms with E-state index in [2.05, 4.69) is 6.92 Å². The predicted octanol–water partition coefficient (Wildman–Crippen LogP) is 2.00. The van der Waals surface area contributed by atoms with Crippen LogP contribution < -0.4 is 0 Å². The van der Waals surface area contributed by atoms with Crippen molar-refractivity contribution >= 4 is 11.7 Å². The Labute approximate surface area is 97.2 Å². The molecule has 0 aromatic carbocycles. The van der Waals surface area contributed by atoms with Crippen LogP contribution in [0.2, 0.25) is 0 Å². The van der Waals surface area contributed by atoms with Gasteiger partial charge in [-0.2, -0.15) is 0 Å². The molecule has 1 atom stereocenters. The Kier molecular flexibility index (Phi) is 3.62. The number of nitrogens with zero attached hydrogens (tertiary/aromatic N) is 1. The summed E-state index contributed by atoms with van der Waals surface area (Å²) in [5, 5.41) is 0. The summed E-state index contributed by atoms with van der Waals surface area (Å²) < 4.78 is 0. The van der Waals surface area contributed by atoms with Crippen LogP contribution in [0.25, 0.3) is 0 Å². The normalized spacial score (nSPS) is 26.7. The molecule has 1 saturated carbocycles. The highest BCUT2D eigenvalue weighted by atomic mass is 16.2. The Morgan fingerprint density at radius 2 is 2.06 bits per heavy atom. The number of carbonyl (C=O) groups is 2. The van der Waals surface area contributed by atoms with Crippen LogP contribution in [0, 0.1) is 11.8 Å². The smallest absolute Gasteiger partial charge is 0.223 e. The molecule has 1 aliphatic heterocycles. The topological polar surface area (TPSA) is 37.4 Å². The molecule has 2 rings (SSSR count). The van der Waals surface area contributed by atoms with E-state index in [0.29, 0.717) is 24.7 Å². The molecule has 1 unspecified atom stereocenters. The van der Waals surface area contributed by atoms with Gasteiger partial charge in [-0.1, -0.05) is 26.2 Å². The van der Waals surface area contributed by atoms with E-state index in [1.165, 1.54) is 12.8 Å². The average Bonchev–Trinajstić information content (AvgIpc) is 2.88. The SMILES string of the molecule is CCC1CC(=O)N(CC(=O)C2CCCC2)C1. The van der Waals surface area contributed by atoms with Gasteiger partial charge in [-0.05, 0) is 18.8 Å². The third-order valence-electron chi connectivity index (χ3n) is 4.03. The lowest BCUT2D eigenvalue weighted by atomic mass is 10.0. The first kappa shape index (κ1) is 11.6. The van der Waals surface area contributed by atoms with Gasteiger partial charge in [0.15, 0.2) is 5.78 Å². The van der Waals surface area contributed by atoms with Crippen molar-refractivity contribution in [2.24, 2.45) is 11.8 Å². The van der Waals surface area contributed by atoms with E-state index in [9.17, 15) is 9.59 Å². The van der Waals surface area contributed by atoms with Gasteiger partial charge >= 0.3 is 0 Å². The van der Waals surface area contributed by atoms with E-state index < -0.39 is 0 Å². The lowest BCUT2D eigenvalue weighted by molar-refractivity contribution is -0.133. The van der Waals surface area contributed by atoms with Gasteiger partial charge in [0.1, 0.15) is 0 Å². The van der Waals surface area contributed by atoms with Crippen molar-refractivity contribution in [2.75, 3.05) is 13.1 Å². The lowest BCUT2D eigenvalue weighted by Crippen LogP contribution is -2.33. The van der Waals surface area contributed by atoms with Crippen LogP contribution in [0.3, 0.4) is 0 Å². The minimum atomic E-state index is 0.179. The quantitative estimate of drug-likeness (QED) is 0.731. The number of carbonyl (C=O) groups excluding carboxylic acids is 2. The fourth-order valence-electron chi connectivity index (χ4n) is 2.85. The highest BCUT2D eigenvalue weighted by molar-refractivity contribution is 5.88. The molecule has 0 N–H and O–H groups in total. The minimum absolute atomic E-state index is 0.179. The van der Waals surface area contributed by atoms with Crippen LogP contribution in [0.5, 0.6) is 0 Å². The molecule has 0 bridgehead atoms. The van der Waals surface area contributed by atoms with Crippen molar-refractivity contribution in [3.63, 3.8) is 0 Å². The second kappa shape index (κ2) is 4.98. The van der Waals surface area contributed by atoms with Crippen LogP contribution in [-0.4, -0.2) is 29.7 Å². The van der Waals surface area contributed by atoms with Gasteiger partial charge in [0.25, 0.3) is 0 Å². The maximum Gasteiger partial charge on any atom is 0.223 e. The monoisotopic (exact) mass is 223 g/mol. The van der Waals surface area contributed by atoms with E-state index in [1.54, 1.807) is 4.90 Å². The van der Waals surface area contributed by atoms with Crippen molar-refractivity contribution in [3.05, 3.63) is 0 Å². The summed E-state index contributed by atoms with van der Waals surface area (Å²) in [5.74, 6) is 1.19. The number of Topliss-reactive ketones (excluding diaryl/α,β-unsaturated/α-hetero) is 1. The summed E-state index contributed by atoms with van der Waals surface area (Å²) in [5.41, 5.74) is 0. The highest BCUT2D eigenvalue weighted by Gasteiger charge is 2.32. The Bertz CT molecular complexity index is 282. The van der Waals surface area contributed by atoms with Gasteiger partial charge in [-0.25, -0.2) is 0 Å². The van der Waals surface area contributed by atoms with E-state index in [-0.39, 0.29) is 11.8 Å². The molecule has 16 heavy (non-hydrogen) atoms. The number of rotatable bonds is 4. The third kappa shape index (κ3) is 2.45. The molecule has 0 aromatic rings. The third-order valence-corrected chi connectivity index (χ3v) is 4.03. The molecule has 1 saturated heterocycles. The maximum absolute atomic E-state index is 11.9. The van der Waals surface area contributed by atoms with Crippen molar-refractivity contribution in [1.82, 2.24) is 4.90 Å². The summed E-state index contributed by atoms with van der Waals surface area (Å²) in [6.07, 6.45) is 6.13. The molecule has 1 amide bonds. The zero-order chi connectivity index (χ0) is 11.5. The van der Waals surface area contributed by atoms with Crippen LogP contribution in [-0.2, 0) is 9.59 Å². The largest absolute Gasteiger partial charge is 0.335 e. The van der Waals surface area contributed by atoms with Gasteiger partial charge in [-0.15, -0.1) is 0 Å². The van der Waals surface area contributed by atoms with E-state index in [4.69, 9.17) is 0 Å². The molecule has 90 valence electrons. The van der Waals surface area contributed by atoms with Gasteiger partial charge < -0.3 is 4.90 Å². The first-order valence-corrected chi connectivity index (χ1v) is 6.51. The Hall–Kier alpha value is -0.860. The van der Waals surface area contributed by atoms with Crippen molar-refractivity contribution < 1.29 is 9.59 Å². The number of hydrogen-bond donors (Lipinski definition) is 0. The predicted molar refractivity (Wildman–Crippen MR) is 61.9 cm³/mol. The molecule has 0 aromatic heterocycles. The second-order valence-electron chi connectivity index (χ2n) is 5.20. The molecule has 1 heterocycles. The van der Waals surface area contributed by atoms with Gasteiger partial charge in [0, 0.05) is 18.9 Å². The lowest BCUT2D eigenvalue weighted by Gasteiger charge is -2.17. The summed E-state index contributed by atoms with van der Waals surface area (Å²) in [6, 6.07) is 0. The van der Waals surface area contributed by atoms with Gasteiger partial charge in [0.2, 0.25) is 5.91 Å². The molecule has 3 nitrogen and oxygen atoms in total. The first-order chi connectivity index (χ1) is 7.70. The summed E-state index contributed by atoms with van der Waals surface area (Å²) in [6.45, 7) is 3.29. The number of hydrogen-bond acceptors (Lipinski definition) is 2. The van der Waals surface area contributed by atoms with E-state index in [0.717, 1.165) is 25.8 Å². The molecule has 2 fully saturated rings. The van der Waals surface area contributed by atoms with Crippen LogP contribution in [0.4, 0.5) is 0 Å². The van der Waals surface area contributed by atoms with Crippen molar-refractivity contribution in [1.29, 1.82) is 0 Å². The van der Waals surface area contributed by atoms with Crippen molar-refractivity contribution in [2.45, 2.75) is 45.4 Å². The van der Waals surface area contributed by atoms with Crippen LogP contribution in [0.15, 0.2) is 0 Å². The number of amides is 1. The second-order valence-corrected chi connectivity index (χ2v) is 5.20. The number of ketones is 1. The highest BCUT2D eigenvalue weighted by Crippen LogP contribution is 2.27. The molecule has 1 aliphatic carbocycles. The molecule has 0 spiro atoms. The molecular formula is C13H21NO2. The Morgan fingerprint density at radius 1 is 1.38 bits per heavy atom. The maximum atomic E-state index is 11.9. The average molecular weight is 223 g/mol. The standard InChI is InChI=1S/C13H21NO2/c1-2-10-7-13(16)14(8-10)9-12(15)11-5-3-4-6-11/h10-11H,2-9H2,1H3. The van der Waals surface area contributed by atoms with E-state index >= 15 is 0 Å². The molecule has 3 heteroatoms. The first-order valence-electron chi connectivity index (χ1n) is 6.51. The molecule has 2 aliphatic rings. The zero-order valence-corrected chi connectivity index (χ0v) is 10.1. The minimum Gasteiger partial charge on any atom is -0.335 e. The van der Waals surface area contributed by atoms with Gasteiger partial charge in [-0.3, -0.25) is 9.59 Å². The Balaban J connectivity index is 1.85. The van der Waals surface area contributed by atoms with Gasteiger partial charge in [0.05, 0.1) is 6.54 Å². The summed E-state index contributed by atoms with van der Waals surface area (Å²) in [4.78, 5) is 25.4. The molecular weight excluding hydrogens is 202 g/mol.